The number of rotatable bonds is 4. The molecule has 0 aliphatic carbocycles. The minimum absolute atomic E-state index is 0.199. The van der Waals surface area contributed by atoms with Crippen LogP contribution in [0.1, 0.15) is 38.8 Å². The molecule has 0 saturated heterocycles. The summed E-state index contributed by atoms with van der Waals surface area (Å²) in [6.45, 7) is 5.43. The fourth-order valence-electron chi connectivity index (χ4n) is 1.58. The van der Waals surface area contributed by atoms with Gasteiger partial charge in [-0.25, -0.2) is 9.18 Å². The molecule has 0 aliphatic rings. The minimum Gasteiger partial charge on any atom is -0.444 e. The maximum atomic E-state index is 12.9. The van der Waals surface area contributed by atoms with Crippen LogP contribution in [0.2, 0.25) is 0 Å². The Morgan fingerprint density at radius 3 is 2.42 bits per heavy atom. The van der Waals surface area contributed by atoms with Crippen molar-refractivity contribution in [1.82, 2.24) is 5.32 Å². The molecule has 0 unspecified atom stereocenters. The van der Waals surface area contributed by atoms with Crippen molar-refractivity contribution in [2.75, 3.05) is 5.33 Å². The summed E-state index contributed by atoms with van der Waals surface area (Å²) in [4.78, 5) is 11.8. The number of hydrogen-bond donors (Lipinski definition) is 1. The van der Waals surface area contributed by atoms with E-state index in [1.165, 1.54) is 12.1 Å². The van der Waals surface area contributed by atoms with E-state index in [4.69, 9.17) is 4.74 Å². The topological polar surface area (TPSA) is 38.3 Å². The third-order valence-electron chi connectivity index (χ3n) is 2.36. The predicted molar refractivity (Wildman–Crippen MR) is 76.9 cm³/mol. The van der Waals surface area contributed by atoms with E-state index in [1.54, 1.807) is 12.1 Å². The number of carbonyl (C=O) groups is 1. The summed E-state index contributed by atoms with van der Waals surface area (Å²) < 4.78 is 18.1. The molecule has 1 amide bonds. The molecule has 1 atom stereocenters. The molecule has 0 aliphatic heterocycles. The van der Waals surface area contributed by atoms with Gasteiger partial charge in [0.2, 0.25) is 0 Å². The number of alkyl halides is 1. The molecule has 0 aromatic heterocycles. The van der Waals surface area contributed by atoms with Crippen LogP contribution in [-0.2, 0) is 4.74 Å². The van der Waals surface area contributed by atoms with Crippen LogP contribution >= 0.6 is 15.9 Å². The van der Waals surface area contributed by atoms with E-state index in [-0.39, 0.29) is 11.9 Å². The van der Waals surface area contributed by atoms with Gasteiger partial charge in [-0.05, 0) is 44.9 Å². The summed E-state index contributed by atoms with van der Waals surface area (Å²) in [7, 11) is 0. The van der Waals surface area contributed by atoms with E-state index in [1.807, 2.05) is 20.8 Å². The van der Waals surface area contributed by atoms with Crippen molar-refractivity contribution in [2.45, 2.75) is 38.8 Å². The molecule has 1 aromatic carbocycles. The average molecular weight is 332 g/mol. The van der Waals surface area contributed by atoms with Crippen molar-refractivity contribution in [3.63, 3.8) is 0 Å². The van der Waals surface area contributed by atoms with E-state index in [2.05, 4.69) is 21.2 Å². The van der Waals surface area contributed by atoms with Gasteiger partial charge in [0.05, 0.1) is 6.04 Å². The quantitative estimate of drug-likeness (QED) is 0.840. The molecule has 0 radical (unpaired) electrons. The molecule has 0 fully saturated rings. The van der Waals surface area contributed by atoms with Gasteiger partial charge in [-0.2, -0.15) is 0 Å². The smallest absolute Gasteiger partial charge is 0.408 e. The molecule has 1 rings (SSSR count). The van der Waals surface area contributed by atoms with E-state index in [0.29, 0.717) is 6.42 Å². The molecule has 0 spiro atoms. The van der Waals surface area contributed by atoms with E-state index in [9.17, 15) is 9.18 Å². The highest BCUT2D eigenvalue weighted by Gasteiger charge is 2.20. The van der Waals surface area contributed by atoms with Crippen LogP contribution in [0.4, 0.5) is 9.18 Å². The monoisotopic (exact) mass is 331 g/mol. The maximum absolute atomic E-state index is 12.9. The van der Waals surface area contributed by atoms with E-state index >= 15 is 0 Å². The van der Waals surface area contributed by atoms with Gasteiger partial charge in [-0.15, -0.1) is 0 Å². The molecule has 1 aromatic rings. The number of halogens is 2. The third kappa shape index (κ3) is 6.05. The van der Waals surface area contributed by atoms with Crippen molar-refractivity contribution in [2.24, 2.45) is 0 Å². The fourth-order valence-corrected chi connectivity index (χ4v) is 2.03. The highest BCUT2D eigenvalue weighted by atomic mass is 79.9. The van der Waals surface area contributed by atoms with Crippen LogP contribution in [0.15, 0.2) is 24.3 Å². The van der Waals surface area contributed by atoms with Gasteiger partial charge in [-0.3, -0.25) is 0 Å². The summed E-state index contributed by atoms with van der Waals surface area (Å²) in [5.41, 5.74) is 0.318. The summed E-state index contributed by atoms with van der Waals surface area (Å²) in [6.07, 6.45) is 0.230. The normalized spacial score (nSPS) is 12.9. The molecular weight excluding hydrogens is 313 g/mol. The number of hydrogen-bond acceptors (Lipinski definition) is 2. The summed E-state index contributed by atoms with van der Waals surface area (Å²) in [6, 6.07) is 5.90. The Morgan fingerprint density at radius 1 is 1.37 bits per heavy atom. The SMILES string of the molecule is CC(C)(C)OC(=O)N[C@@H](CCBr)c1ccc(F)cc1. The average Bonchev–Trinajstić information content (AvgIpc) is 2.27. The molecule has 5 heteroatoms. The summed E-state index contributed by atoms with van der Waals surface area (Å²) in [5, 5.41) is 3.52. The first-order valence-corrected chi connectivity index (χ1v) is 7.25. The lowest BCUT2D eigenvalue weighted by Crippen LogP contribution is -2.35. The van der Waals surface area contributed by atoms with Gasteiger partial charge in [0.25, 0.3) is 0 Å². The number of ether oxygens (including phenoxy) is 1. The van der Waals surface area contributed by atoms with Crippen molar-refractivity contribution >= 4 is 22.0 Å². The predicted octanol–water partition coefficient (Wildman–Crippen LogP) is 4.18. The van der Waals surface area contributed by atoms with Gasteiger partial charge in [0.15, 0.2) is 0 Å². The first-order valence-electron chi connectivity index (χ1n) is 6.13. The Hall–Kier alpha value is -1.10. The van der Waals surface area contributed by atoms with Crippen molar-refractivity contribution in [3.8, 4) is 0 Å². The van der Waals surface area contributed by atoms with Crippen molar-refractivity contribution in [3.05, 3.63) is 35.6 Å². The van der Waals surface area contributed by atoms with Crippen molar-refractivity contribution < 1.29 is 13.9 Å². The Labute approximate surface area is 121 Å². The second kappa shape index (κ2) is 6.89. The summed E-state index contributed by atoms with van der Waals surface area (Å²) >= 11 is 3.35. The molecule has 1 N–H and O–H groups in total. The van der Waals surface area contributed by atoms with Crippen molar-refractivity contribution in [1.29, 1.82) is 0 Å². The second-order valence-corrected chi connectivity index (χ2v) is 6.02. The Balaban J connectivity index is 2.73. The summed E-state index contributed by atoms with van der Waals surface area (Å²) in [5.74, 6) is -0.293. The molecule has 19 heavy (non-hydrogen) atoms. The number of amides is 1. The number of alkyl carbamates (subject to hydrolysis) is 1. The van der Waals surface area contributed by atoms with Crippen LogP contribution in [-0.4, -0.2) is 17.0 Å². The van der Waals surface area contributed by atoms with Gasteiger partial charge in [-0.1, -0.05) is 28.1 Å². The Bertz CT molecular complexity index is 414. The number of benzene rings is 1. The first-order chi connectivity index (χ1) is 8.81. The first kappa shape index (κ1) is 16.0. The standard InChI is InChI=1S/C14H19BrFNO2/c1-14(2,3)19-13(18)17-12(8-9-15)10-4-6-11(16)7-5-10/h4-7,12H,8-9H2,1-3H3,(H,17,18)/t12-/m0/s1. The van der Waals surface area contributed by atoms with Gasteiger partial charge in [0.1, 0.15) is 11.4 Å². The lowest BCUT2D eigenvalue weighted by Gasteiger charge is -2.23. The lowest BCUT2D eigenvalue weighted by atomic mass is 10.0. The highest BCUT2D eigenvalue weighted by Crippen LogP contribution is 2.19. The third-order valence-corrected chi connectivity index (χ3v) is 2.82. The van der Waals surface area contributed by atoms with E-state index in [0.717, 1.165) is 10.9 Å². The number of carbonyl (C=O) groups excluding carboxylic acids is 1. The molecule has 3 nitrogen and oxygen atoms in total. The lowest BCUT2D eigenvalue weighted by molar-refractivity contribution is 0.0502. The molecule has 0 heterocycles. The zero-order valence-corrected chi connectivity index (χ0v) is 13.0. The van der Waals surface area contributed by atoms with Gasteiger partial charge >= 0.3 is 6.09 Å². The van der Waals surface area contributed by atoms with Crippen LogP contribution < -0.4 is 5.32 Å². The highest BCUT2D eigenvalue weighted by molar-refractivity contribution is 9.09. The maximum Gasteiger partial charge on any atom is 0.408 e. The van der Waals surface area contributed by atoms with E-state index < -0.39 is 11.7 Å². The van der Waals surface area contributed by atoms with Crippen LogP contribution in [0.3, 0.4) is 0 Å². The fraction of sp³-hybridized carbons (Fsp3) is 0.500. The molecular formula is C14H19BrFNO2. The number of nitrogens with one attached hydrogen (secondary N) is 1. The Kier molecular flexibility index (Phi) is 5.79. The molecule has 106 valence electrons. The van der Waals surface area contributed by atoms with Crippen LogP contribution in [0.25, 0.3) is 0 Å². The zero-order valence-electron chi connectivity index (χ0n) is 11.4. The van der Waals surface area contributed by atoms with Crippen LogP contribution in [0, 0.1) is 5.82 Å². The zero-order chi connectivity index (χ0) is 14.5. The Morgan fingerprint density at radius 2 is 1.95 bits per heavy atom. The van der Waals surface area contributed by atoms with Gasteiger partial charge < -0.3 is 10.1 Å². The second-order valence-electron chi connectivity index (χ2n) is 5.23. The van der Waals surface area contributed by atoms with Gasteiger partial charge in [0, 0.05) is 5.33 Å². The van der Waals surface area contributed by atoms with Crippen LogP contribution in [0.5, 0.6) is 0 Å². The minimum atomic E-state index is -0.536. The largest absolute Gasteiger partial charge is 0.444 e. The molecule has 0 saturated carbocycles. The molecule has 0 bridgehead atoms.